The van der Waals surface area contributed by atoms with Crippen LogP contribution in [0.1, 0.15) is 37.9 Å². The van der Waals surface area contributed by atoms with Crippen LogP contribution in [0, 0.1) is 0 Å². The lowest BCUT2D eigenvalue weighted by Gasteiger charge is -2.27. The molecular formula is C15H26N2O3S2. The summed E-state index contributed by atoms with van der Waals surface area (Å²) in [6.45, 7) is 8.49. The zero-order valence-electron chi connectivity index (χ0n) is 13.8. The van der Waals surface area contributed by atoms with Gasteiger partial charge < -0.3 is 4.74 Å². The van der Waals surface area contributed by atoms with Crippen LogP contribution in [0.3, 0.4) is 0 Å². The lowest BCUT2D eigenvalue weighted by Crippen LogP contribution is -2.38. The first kappa shape index (κ1) is 17.8. The Kier molecular flexibility index (Phi) is 5.63. The Morgan fingerprint density at radius 1 is 1.45 bits per heavy atom. The Bertz CT molecular complexity index is 590. The van der Waals surface area contributed by atoms with Gasteiger partial charge in [-0.2, -0.15) is 0 Å². The molecule has 0 aliphatic carbocycles. The Hall–Kier alpha value is -0.500. The number of hydrogen-bond acceptors (Lipinski definition) is 6. The summed E-state index contributed by atoms with van der Waals surface area (Å²) in [4.78, 5) is 6.93. The van der Waals surface area contributed by atoms with Crippen LogP contribution >= 0.6 is 11.3 Å². The van der Waals surface area contributed by atoms with Crippen LogP contribution in [-0.2, 0) is 26.5 Å². The quantitative estimate of drug-likeness (QED) is 0.789. The summed E-state index contributed by atoms with van der Waals surface area (Å²) in [5, 5.41) is 3.21. The Balaban J connectivity index is 2.08. The summed E-state index contributed by atoms with van der Waals surface area (Å²) in [5.41, 5.74) is 1.08. The fourth-order valence-electron chi connectivity index (χ4n) is 2.59. The molecule has 0 aromatic carbocycles. The number of methoxy groups -OCH3 is 1. The van der Waals surface area contributed by atoms with Gasteiger partial charge in [0.1, 0.15) is 0 Å². The lowest BCUT2D eigenvalue weighted by molar-refractivity contribution is 0.120. The molecule has 5 nitrogen and oxygen atoms in total. The molecule has 2 rings (SSSR count). The van der Waals surface area contributed by atoms with E-state index in [4.69, 9.17) is 9.72 Å². The third kappa shape index (κ3) is 4.75. The maximum absolute atomic E-state index is 11.7. The van der Waals surface area contributed by atoms with Gasteiger partial charge in [0.2, 0.25) is 0 Å². The molecule has 0 radical (unpaired) electrons. The Morgan fingerprint density at radius 3 is 2.68 bits per heavy atom. The van der Waals surface area contributed by atoms with Gasteiger partial charge >= 0.3 is 0 Å². The van der Waals surface area contributed by atoms with Gasteiger partial charge in [-0.05, 0) is 6.42 Å². The van der Waals surface area contributed by atoms with E-state index in [2.05, 4.69) is 31.1 Å². The van der Waals surface area contributed by atoms with Crippen molar-refractivity contribution in [2.45, 2.75) is 45.2 Å². The zero-order chi connectivity index (χ0) is 16.4. The van der Waals surface area contributed by atoms with Crippen LogP contribution < -0.4 is 0 Å². The minimum atomic E-state index is -2.88. The van der Waals surface area contributed by atoms with Crippen LogP contribution in [-0.4, -0.2) is 56.1 Å². The van der Waals surface area contributed by atoms with E-state index in [-0.39, 0.29) is 17.2 Å². The first-order chi connectivity index (χ1) is 10.2. The van der Waals surface area contributed by atoms with E-state index in [1.165, 1.54) is 0 Å². The Labute approximate surface area is 137 Å². The largest absolute Gasteiger partial charge is 0.383 e. The van der Waals surface area contributed by atoms with Crippen molar-refractivity contribution in [2.24, 2.45) is 0 Å². The number of aromatic nitrogens is 1. The number of thiazole rings is 1. The van der Waals surface area contributed by atoms with Crippen LogP contribution in [0.5, 0.6) is 0 Å². The molecule has 0 bridgehead atoms. The van der Waals surface area contributed by atoms with Crippen molar-refractivity contribution in [1.82, 2.24) is 9.88 Å². The molecular weight excluding hydrogens is 320 g/mol. The van der Waals surface area contributed by atoms with Crippen LogP contribution in [0.2, 0.25) is 0 Å². The van der Waals surface area contributed by atoms with E-state index >= 15 is 0 Å². The highest BCUT2D eigenvalue weighted by Gasteiger charge is 2.32. The van der Waals surface area contributed by atoms with Crippen molar-refractivity contribution in [3.63, 3.8) is 0 Å². The first-order valence-electron chi connectivity index (χ1n) is 7.59. The summed E-state index contributed by atoms with van der Waals surface area (Å²) < 4.78 is 28.6. The molecule has 1 saturated heterocycles. The molecule has 1 unspecified atom stereocenters. The average molecular weight is 347 g/mol. The normalized spacial score (nSPS) is 21.6. The second-order valence-electron chi connectivity index (χ2n) is 6.91. The van der Waals surface area contributed by atoms with Crippen LogP contribution in [0.15, 0.2) is 5.38 Å². The van der Waals surface area contributed by atoms with Gasteiger partial charge in [-0.3, -0.25) is 4.90 Å². The van der Waals surface area contributed by atoms with Crippen LogP contribution in [0.25, 0.3) is 0 Å². The molecule has 1 aromatic heterocycles. The number of ether oxygens (including phenoxy) is 1. The van der Waals surface area contributed by atoms with Crippen molar-refractivity contribution >= 4 is 21.2 Å². The fraction of sp³-hybridized carbons (Fsp3) is 0.800. The summed E-state index contributed by atoms with van der Waals surface area (Å²) in [6.07, 6.45) is 0.711. The topological polar surface area (TPSA) is 59.5 Å². The predicted molar refractivity (Wildman–Crippen MR) is 90.2 cm³/mol. The Morgan fingerprint density at radius 2 is 2.18 bits per heavy atom. The van der Waals surface area contributed by atoms with Crippen molar-refractivity contribution in [3.8, 4) is 0 Å². The number of nitrogens with zero attached hydrogens (tertiary/aromatic N) is 2. The van der Waals surface area contributed by atoms with E-state index in [0.717, 1.165) is 17.2 Å². The monoisotopic (exact) mass is 346 g/mol. The molecule has 126 valence electrons. The van der Waals surface area contributed by atoms with Gasteiger partial charge in [0.15, 0.2) is 9.84 Å². The SMILES string of the molecule is COCCN(Cc1csc(C(C)(C)C)n1)C1CCS(=O)(=O)C1. The maximum atomic E-state index is 11.7. The van der Waals surface area contributed by atoms with Crippen molar-refractivity contribution in [2.75, 3.05) is 31.8 Å². The third-order valence-corrected chi connectivity index (χ3v) is 6.93. The molecule has 0 N–H and O–H groups in total. The van der Waals surface area contributed by atoms with Gasteiger partial charge in [-0.25, -0.2) is 13.4 Å². The average Bonchev–Trinajstić information content (AvgIpc) is 3.00. The van der Waals surface area contributed by atoms with Gasteiger partial charge in [-0.1, -0.05) is 20.8 Å². The second-order valence-corrected chi connectivity index (χ2v) is 10.0. The van der Waals surface area contributed by atoms with Crippen molar-refractivity contribution in [3.05, 3.63) is 16.1 Å². The molecule has 2 heterocycles. The van der Waals surface area contributed by atoms with Gasteiger partial charge in [-0.15, -0.1) is 11.3 Å². The van der Waals surface area contributed by atoms with Crippen molar-refractivity contribution < 1.29 is 13.2 Å². The minimum absolute atomic E-state index is 0.0526. The predicted octanol–water partition coefficient (Wildman–Crippen LogP) is 2.08. The van der Waals surface area contributed by atoms with E-state index in [0.29, 0.717) is 25.3 Å². The summed E-state index contributed by atoms with van der Waals surface area (Å²) in [7, 11) is -1.21. The third-order valence-electron chi connectivity index (χ3n) is 3.87. The molecule has 0 saturated carbocycles. The highest BCUT2D eigenvalue weighted by Crippen LogP contribution is 2.27. The summed E-state index contributed by atoms with van der Waals surface area (Å²) in [5.74, 6) is 0.554. The maximum Gasteiger partial charge on any atom is 0.151 e. The number of sulfone groups is 1. The van der Waals surface area contributed by atoms with E-state index < -0.39 is 9.84 Å². The summed E-state index contributed by atoms with van der Waals surface area (Å²) in [6, 6.07) is 0.0833. The zero-order valence-corrected chi connectivity index (χ0v) is 15.5. The molecule has 7 heteroatoms. The smallest absolute Gasteiger partial charge is 0.151 e. The minimum Gasteiger partial charge on any atom is -0.383 e. The molecule has 1 atom stereocenters. The molecule has 1 fully saturated rings. The van der Waals surface area contributed by atoms with Gasteiger partial charge in [0, 0.05) is 37.0 Å². The standard InChI is InChI=1S/C15H26N2O3S2/c1-15(2,3)14-16-12(10-21-14)9-17(6-7-20-4)13-5-8-22(18,19)11-13/h10,13H,5-9,11H2,1-4H3. The number of rotatable bonds is 6. The molecule has 0 spiro atoms. The molecule has 22 heavy (non-hydrogen) atoms. The fourth-order valence-corrected chi connectivity index (χ4v) is 5.25. The second kappa shape index (κ2) is 6.95. The van der Waals surface area contributed by atoms with Crippen molar-refractivity contribution in [1.29, 1.82) is 0 Å². The lowest BCUT2D eigenvalue weighted by atomic mass is 9.98. The first-order valence-corrected chi connectivity index (χ1v) is 10.3. The number of hydrogen-bond donors (Lipinski definition) is 0. The molecule has 1 aliphatic heterocycles. The summed E-state index contributed by atoms with van der Waals surface area (Å²) >= 11 is 1.68. The van der Waals surface area contributed by atoms with E-state index in [9.17, 15) is 8.42 Å². The van der Waals surface area contributed by atoms with Gasteiger partial charge in [0.25, 0.3) is 0 Å². The highest BCUT2D eigenvalue weighted by molar-refractivity contribution is 7.91. The van der Waals surface area contributed by atoms with Crippen LogP contribution in [0.4, 0.5) is 0 Å². The van der Waals surface area contributed by atoms with E-state index in [1.807, 2.05) is 0 Å². The molecule has 1 aromatic rings. The molecule has 1 aliphatic rings. The van der Waals surface area contributed by atoms with Gasteiger partial charge in [0.05, 0.1) is 28.8 Å². The van der Waals surface area contributed by atoms with E-state index in [1.54, 1.807) is 18.4 Å². The highest BCUT2D eigenvalue weighted by atomic mass is 32.2. The molecule has 0 amide bonds.